The van der Waals surface area contributed by atoms with Gasteiger partial charge in [0.2, 0.25) is 10.0 Å². The molecule has 0 amide bonds. The van der Waals surface area contributed by atoms with Crippen LogP contribution >= 0.6 is 11.3 Å². The molecule has 1 N–H and O–H groups in total. The number of sulfonamides is 1. The SMILES string of the molecule is Cc1ccccc1S(=O)(=O)N[C@H](C)c1cccs1. The molecular formula is C13H15NO2S2. The van der Waals surface area contributed by atoms with Gasteiger partial charge in [-0.05, 0) is 36.9 Å². The van der Waals surface area contributed by atoms with Crippen molar-refractivity contribution in [3.63, 3.8) is 0 Å². The molecule has 1 aromatic heterocycles. The molecule has 0 aliphatic carbocycles. The summed E-state index contributed by atoms with van der Waals surface area (Å²) in [6.07, 6.45) is 0. The molecule has 2 aromatic rings. The first-order valence-corrected chi connectivity index (χ1v) is 7.98. The van der Waals surface area contributed by atoms with E-state index < -0.39 is 10.0 Å². The minimum absolute atomic E-state index is 0.213. The van der Waals surface area contributed by atoms with Crippen LogP contribution in [0.3, 0.4) is 0 Å². The number of aryl methyl sites for hydroxylation is 1. The predicted octanol–water partition coefficient (Wildman–Crippen LogP) is 3.10. The molecule has 18 heavy (non-hydrogen) atoms. The van der Waals surface area contributed by atoms with E-state index in [0.717, 1.165) is 10.4 Å². The van der Waals surface area contributed by atoms with Crippen LogP contribution in [-0.2, 0) is 10.0 Å². The molecule has 0 saturated carbocycles. The molecule has 0 fully saturated rings. The van der Waals surface area contributed by atoms with E-state index in [9.17, 15) is 8.42 Å². The average Bonchev–Trinajstić information content (AvgIpc) is 2.82. The van der Waals surface area contributed by atoms with Gasteiger partial charge in [0.25, 0.3) is 0 Å². The fourth-order valence-electron chi connectivity index (χ4n) is 1.75. The maximum Gasteiger partial charge on any atom is 0.241 e. The van der Waals surface area contributed by atoms with Gasteiger partial charge in [-0.15, -0.1) is 11.3 Å². The Hall–Kier alpha value is -1.17. The molecule has 0 bridgehead atoms. The van der Waals surface area contributed by atoms with Crippen molar-refractivity contribution in [2.75, 3.05) is 0 Å². The van der Waals surface area contributed by atoms with Crippen LogP contribution in [0.1, 0.15) is 23.4 Å². The Morgan fingerprint density at radius 2 is 1.89 bits per heavy atom. The Morgan fingerprint density at radius 3 is 2.50 bits per heavy atom. The van der Waals surface area contributed by atoms with Gasteiger partial charge in [-0.25, -0.2) is 13.1 Å². The minimum atomic E-state index is -3.46. The van der Waals surface area contributed by atoms with Crippen molar-refractivity contribution < 1.29 is 8.42 Å². The Balaban J connectivity index is 2.26. The number of rotatable bonds is 4. The standard InChI is InChI=1S/C13H15NO2S2/c1-10-6-3-4-8-13(10)18(15,16)14-11(2)12-7-5-9-17-12/h3-9,11,14H,1-2H3/t11-/m1/s1. The Kier molecular flexibility index (Phi) is 3.85. The fraction of sp³-hybridized carbons (Fsp3) is 0.231. The van der Waals surface area contributed by atoms with Gasteiger partial charge in [-0.1, -0.05) is 24.3 Å². The largest absolute Gasteiger partial charge is 0.241 e. The second-order valence-electron chi connectivity index (χ2n) is 4.12. The second-order valence-corrected chi connectivity index (χ2v) is 6.79. The van der Waals surface area contributed by atoms with Crippen molar-refractivity contribution in [3.8, 4) is 0 Å². The van der Waals surface area contributed by atoms with E-state index in [4.69, 9.17) is 0 Å². The van der Waals surface area contributed by atoms with Crippen LogP contribution in [0, 0.1) is 6.92 Å². The van der Waals surface area contributed by atoms with E-state index in [1.807, 2.05) is 30.5 Å². The minimum Gasteiger partial charge on any atom is -0.207 e. The lowest BCUT2D eigenvalue weighted by Gasteiger charge is -2.14. The van der Waals surface area contributed by atoms with E-state index in [1.165, 1.54) is 0 Å². The average molecular weight is 281 g/mol. The number of benzene rings is 1. The third-order valence-electron chi connectivity index (χ3n) is 2.68. The molecule has 0 saturated heterocycles. The van der Waals surface area contributed by atoms with E-state index in [1.54, 1.807) is 36.5 Å². The summed E-state index contributed by atoms with van der Waals surface area (Å²) in [5, 5.41) is 1.94. The third-order valence-corrected chi connectivity index (χ3v) is 5.44. The molecule has 0 unspecified atom stereocenters. The monoisotopic (exact) mass is 281 g/mol. The zero-order valence-corrected chi connectivity index (χ0v) is 11.9. The molecule has 5 heteroatoms. The maximum atomic E-state index is 12.3. The lowest BCUT2D eigenvalue weighted by molar-refractivity contribution is 0.568. The van der Waals surface area contributed by atoms with Crippen LogP contribution in [0.25, 0.3) is 0 Å². The molecule has 96 valence electrons. The molecule has 1 heterocycles. The number of thiophene rings is 1. The van der Waals surface area contributed by atoms with Gasteiger partial charge >= 0.3 is 0 Å². The van der Waals surface area contributed by atoms with Crippen molar-refractivity contribution in [2.24, 2.45) is 0 Å². The zero-order chi connectivity index (χ0) is 13.2. The van der Waals surface area contributed by atoms with Gasteiger partial charge in [0, 0.05) is 4.88 Å². The van der Waals surface area contributed by atoms with Crippen molar-refractivity contribution in [1.29, 1.82) is 0 Å². The van der Waals surface area contributed by atoms with Crippen LogP contribution in [0.2, 0.25) is 0 Å². The van der Waals surface area contributed by atoms with Crippen LogP contribution < -0.4 is 4.72 Å². The third kappa shape index (κ3) is 2.80. The van der Waals surface area contributed by atoms with Gasteiger partial charge in [-0.2, -0.15) is 0 Å². The van der Waals surface area contributed by atoms with Crippen molar-refractivity contribution in [3.05, 3.63) is 52.2 Å². The lowest BCUT2D eigenvalue weighted by Crippen LogP contribution is -2.26. The van der Waals surface area contributed by atoms with Crippen molar-refractivity contribution in [1.82, 2.24) is 4.72 Å². The predicted molar refractivity (Wildman–Crippen MR) is 74.2 cm³/mol. The van der Waals surface area contributed by atoms with E-state index in [0.29, 0.717) is 4.90 Å². The van der Waals surface area contributed by atoms with Gasteiger partial charge in [0.15, 0.2) is 0 Å². The van der Waals surface area contributed by atoms with Crippen molar-refractivity contribution in [2.45, 2.75) is 24.8 Å². The summed E-state index contributed by atoms with van der Waals surface area (Å²) in [7, 11) is -3.46. The summed E-state index contributed by atoms with van der Waals surface area (Å²) in [6.45, 7) is 3.64. The van der Waals surface area contributed by atoms with Gasteiger partial charge in [0.1, 0.15) is 0 Å². The highest BCUT2D eigenvalue weighted by molar-refractivity contribution is 7.89. The van der Waals surface area contributed by atoms with Crippen LogP contribution in [0.5, 0.6) is 0 Å². The Labute approximate surface area is 112 Å². The number of hydrogen-bond donors (Lipinski definition) is 1. The molecule has 0 spiro atoms. The summed E-state index contributed by atoms with van der Waals surface area (Å²) >= 11 is 1.54. The first-order valence-electron chi connectivity index (χ1n) is 5.62. The Morgan fingerprint density at radius 1 is 1.17 bits per heavy atom. The number of nitrogens with one attached hydrogen (secondary N) is 1. The summed E-state index contributed by atoms with van der Waals surface area (Å²) in [5.74, 6) is 0. The molecule has 1 atom stereocenters. The summed E-state index contributed by atoms with van der Waals surface area (Å²) in [6, 6.07) is 10.6. The molecule has 1 aromatic carbocycles. The summed E-state index contributed by atoms with van der Waals surface area (Å²) in [5.41, 5.74) is 0.753. The summed E-state index contributed by atoms with van der Waals surface area (Å²) < 4.78 is 27.2. The highest BCUT2D eigenvalue weighted by atomic mass is 32.2. The normalized spacial score (nSPS) is 13.4. The smallest absolute Gasteiger partial charge is 0.207 e. The van der Waals surface area contributed by atoms with Crippen LogP contribution in [-0.4, -0.2) is 8.42 Å². The topological polar surface area (TPSA) is 46.2 Å². The molecule has 0 aliphatic rings. The molecule has 0 radical (unpaired) electrons. The quantitative estimate of drug-likeness (QED) is 0.936. The highest BCUT2D eigenvalue weighted by Gasteiger charge is 2.20. The van der Waals surface area contributed by atoms with E-state index in [2.05, 4.69) is 4.72 Å². The summed E-state index contributed by atoms with van der Waals surface area (Å²) in [4.78, 5) is 1.35. The van der Waals surface area contributed by atoms with Gasteiger partial charge in [-0.3, -0.25) is 0 Å². The molecular weight excluding hydrogens is 266 g/mol. The van der Waals surface area contributed by atoms with Crippen LogP contribution in [0.4, 0.5) is 0 Å². The lowest BCUT2D eigenvalue weighted by atomic mass is 10.2. The molecule has 2 rings (SSSR count). The second kappa shape index (κ2) is 5.22. The van der Waals surface area contributed by atoms with E-state index in [-0.39, 0.29) is 6.04 Å². The Bertz CT molecular complexity index is 618. The zero-order valence-electron chi connectivity index (χ0n) is 10.3. The molecule has 3 nitrogen and oxygen atoms in total. The highest BCUT2D eigenvalue weighted by Crippen LogP contribution is 2.22. The first kappa shape index (κ1) is 13.3. The van der Waals surface area contributed by atoms with Gasteiger partial charge < -0.3 is 0 Å². The van der Waals surface area contributed by atoms with Gasteiger partial charge in [0.05, 0.1) is 10.9 Å². The van der Waals surface area contributed by atoms with Crippen molar-refractivity contribution >= 4 is 21.4 Å². The fourth-order valence-corrected chi connectivity index (χ4v) is 4.03. The number of hydrogen-bond acceptors (Lipinski definition) is 3. The maximum absolute atomic E-state index is 12.3. The van der Waals surface area contributed by atoms with E-state index >= 15 is 0 Å². The van der Waals surface area contributed by atoms with Crippen LogP contribution in [0.15, 0.2) is 46.7 Å². The molecule has 0 aliphatic heterocycles. The first-order chi connectivity index (χ1) is 8.50.